The number of allylic oxidation sites excluding steroid dienone is 2. The van der Waals surface area contributed by atoms with E-state index in [-0.39, 0.29) is 5.92 Å². The van der Waals surface area contributed by atoms with Crippen molar-refractivity contribution in [1.29, 1.82) is 0 Å². The molecular weight excluding hydrogens is 200 g/mol. The Morgan fingerprint density at radius 3 is 2.93 bits per heavy atom. The predicted octanol–water partition coefficient (Wildman–Crippen LogP) is 2.88. The van der Waals surface area contributed by atoms with Crippen molar-refractivity contribution >= 4 is 17.6 Å². The number of hydrogen-bond acceptors (Lipinski definition) is 1. The first kappa shape index (κ1) is 10.0. The van der Waals surface area contributed by atoms with Crippen LogP contribution in [-0.2, 0) is 4.79 Å². The number of rotatable bonds is 1. The van der Waals surface area contributed by atoms with Gasteiger partial charge in [-0.2, -0.15) is 0 Å². The van der Waals surface area contributed by atoms with Crippen LogP contribution in [-0.4, -0.2) is 11.1 Å². The Morgan fingerprint density at radius 2 is 2.36 bits per heavy atom. The zero-order valence-electron chi connectivity index (χ0n) is 8.46. The summed E-state index contributed by atoms with van der Waals surface area (Å²) in [6, 6.07) is 0. The summed E-state index contributed by atoms with van der Waals surface area (Å²) in [5.74, 6) is 0.251. The quantitative estimate of drug-likeness (QED) is 0.729. The molecular formula is C11H15ClO2. The first-order valence-corrected chi connectivity index (χ1v) is 5.43. The second-order valence-corrected chi connectivity index (χ2v) is 5.31. The smallest absolute Gasteiger partial charge is 0.309 e. The first-order valence-electron chi connectivity index (χ1n) is 5.06. The highest BCUT2D eigenvalue weighted by Crippen LogP contribution is 2.55. The molecule has 2 rings (SSSR count). The summed E-state index contributed by atoms with van der Waals surface area (Å²) >= 11 is 6.10. The molecule has 1 N–H and O–H groups in total. The highest BCUT2D eigenvalue weighted by Gasteiger charge is 2.52. The van der Waals surface area contributed by atoms with E-state index < -0.39 is 11.4 Å². The number of aliphatic carboxylic acids is 1. The van der Waals surface area contributed by atoms with Crippen molar-refractivity contribution in [3.05, 3.63) is 11.1 Å². The fraction of sp³-hybridized carbons (Fsp3) is 0.727. The van der Waals surface area contributed by atoms with Crippen molar-refractivity contribution in [2.45, 2.75) is 26.7 Å². The number of hydrogen-bond donors (Lipinski definition) is 1. The number of carboxylic acid groups (broad SMARTS) is 1. The van der Waals surface area contributed by atoms with Gasteiger partial charge in [0.05, 0.1) is 5.41 Å². The third-order valence-corrected chi connectivity index (χ3v) is 4.52. The molecule has 1 fully saturated rings. The highest BCUT2D eigenvalue weighted by atomic mass is 35.5. The Kier molecular flexibility index (Phi) is 2.15. The minimum Gasteiger partial charge on any atom is -0.481 e. The van der Waals surface area contributed by atoms with Crippen LogP contribution in [0.1, 0.15) is 26.7 Å². The zero-order valence-corrected chi connectivity index (χ0v) is 9.21. The van der Waals surface area contributed by atoms with Crippen LogP contribution in [0.5, 0.6) is 0 Å². The molecule has 2 aliphatic rings. The molecule has 0 unspecified atom stereocenters. The first-order chi connectivity index (χ1) is 6.45. The van der Waals surface area contributed by atoms with E-state index in [1.54, 1.807) is 0 Å². The van der Waals surface area contributed by atoms with Gasteiger partial charge in [-0.15, -0.1) is 0 Å². The third kappa shape index (κ3) is 1.20. The van der Waals surface area contributed by atoms with E-state index in [0.29, 0.717) is 11.8 Å². The minimum atomic E-state index is -0.681. The molecule has 2 bridgehead atoms. The van der Waals surface area contributed by atoms with Crippen LogP contribution in [0.25, 0.3) is 0 Å². The maximum Gasteiger partial charge on any atom is 0.309 e. The Labute approximate surface area is 88.9 Å². The number of carboxylic acids is 1. The second kappa shape index (κ2) is 2.99. The molecule has 2 nitrogen and oxygen atoms in total. The summed E-state index contributed by atoms with van der Waals surface area (Å²) in [6.07, 6.45) is 3.71. The summed E-state index contributed by atoms with van der Waals surface area (Å²) in [4.78, 5) is 11.2. The minimum absolute atomic E-state index is 0.133. The topological polar surface area (TPSA) is 37.3 Å². The Bertz CT molecular complexity index is 310. The maximum atomic E-state index is 11.2. The molecule has 0 saturated heterocycles. The van der Waals surface area contributed by atoms with Gasteiger partial charge >= 0.3 is 5.97 Å². The molecule has 0 spiro atoms. The lowest BCUT2D eigenvalue weighted by Crippen LogP contribution is -2.30. The molecule has 4 atom stereocenters. The molecule has 2 aliphatic carbocycles. The molecule has 1 saturated carbocycles. The van der Waals surface area contributed by atoms with E-state index in [1.165, 1.54) is 0 Å². The lowest BCUT2D eigenvalue weighted by atomic mass is 9.80. The van der Waals surface area contributed by atoms with Crippen LogP contribution < -0.4 is 0 Å². The molecule has 0 aromatic heterocycles. The molecule has 14 heavy (non-hydrogen) atoms. The number of fused-ring (bicyclic) bond motifs is 2. The Hall–Kier alpha value is -0.500. The van der Waals surface area contributed by atoms with E-state index in [2.05, 4.69) is 6.92 Å². The van der Waals surface area contributed by atoms with Gasteiger partial charge in [0, 0.05) is 5.03 Å². The van der Waals surface area contributed by atoms with Crippen LogP contribution in [0.3, 0.4) is 0 Å². The van der Waals surface area contributed by atoms with Crippen molar-refractivity contribution in [2.24, 2.45) is 23.2 Å². The SMILES string of the molecule is C[C@H]1C(Cl)=C[C@H]2C[C@@H]1C[C@@]2(C)C(=O)O. The van der Waals surface area contributed by atoms with E-state index in [0.717, 1.165) is 17.9 Å². The lowest BCUT2D eigenvalue weighted by molar-refractivity contribution is -0.149. The fourth-order valence-corrected chi connectivity index (χ4v) is 3.14. The van der Waals surface area contributed by atoms with Gasteiger partial charge < -0.3 is 5.11 Å². The van der Waals surface area contributed by atoms with Gasteiger partial charge in [0.25, 0.3) is 0 Å². The number of halogens is 1. The summed E-state index contributed by atoms with van der Waals surface area (Å²) in [6.45, 7) is 3.94. The average Bonchev–Trinajstić information content (AvgIpc) is 2.39. The summed E-state index contributed by atoms with van der Waals surface area (Å²) in [5, 5.41) is 10.1. The van der Waals surface area contributed by atoms with Crippen LogP contribution >= 0.6 is 11.6 Å². The maximum absolute atomic E-state index is 11.2. The summed E-state index contributed by atoms with van der Waals surface area (Å²) < 4.78 is 0. The van der Waals surface area contributed by atoms with Gasteiger partial charge in [0.2, 0.25) is 0 Å². The van der Waals surface area contributed by atoms with Crippen LogP contribution in [0.4, 0.5) is 0 Å². The Morgan fingerprint density at radius 1 is 1.71 bits per heavy atom. The largest absolute Gasteiger partial charge is 0.481 e. The van der Waals surface area contributed by atoms with Gasteiger partial charge in [0.15, 0.2) is 0 Å². The monoisotopic (exact) mass is 214 g/mol. The zero-order chi connectivity index (χ0) is 10.5. The van der Waals surface area contributed by atoms with Gasteiger partial charge in [-0.05, 0) is 37.5 Å². The van der Waals surface area contributed by atoms with Crippen LogP contribution in [0, 0.1) is 23.2 Å². The van der Waals surface area contributed by atoms with E-state index >= 15 is 0 Å². The normalized spacial score (nSPS) is 46.2. The molecule has 0 aliphatic heterocycles. The van der Waals surface area contributed by atoms with Gasteiger partial charge in [0.1, 0.15) is 0 Å². The van der Waals surface area contributed by atoms with Gasteiger partial charge in [-0.3, -0.25) is 4.79 Å². The molecule has 0 amide bonds. The summed E-state index contributed by atoms with van der Waals surface area (Å²) in [5.41, 5.74) is -0.588. The fourth-order valence-electron chi connectivity index (χ4n) is 2.81. The molecule has 0 radical (unpaired) electrons. The molecule has 78 valence electrons. The second-order valence-electron chi connectivity index (χ2n) is 4.87. The van der Waals surface area contributed by atoms with Crippen molar-refractivity contribution < 1.29 is 9.90 Å². The molecule has 0 aromatic rings. The standard InChI is InChI=1S/C11H15ClO2/c1-6-7-3-8(4-9(6)12)11(2,5-7)10(13)14/h4,6-8H,3,5H2,1-2H3,(H,13,14)/t6-,7-,8-,11-/m1/s1. The van der Waals surface area contributed by atoms with Gasteiger partial charge in [-0.1, -0.05) is 24.6 Å². The van der Waals surface area contributed by atoms with E-state index in [1.807, 2.05) is 13.0 Å². The number of carbonyl (C=O) groups is 1. The lowest BCUT2D eigenvalue weighted by Gasteiger charge is -2.25. The van der Waals surface area contributed by atoms with Crippen molar-refractivity contribution in [1.82, 2.24) is 0 Å². The average molecular weight is 215 g/mol. The van der Waals surface area contributed by atoms with Crippen molar-refractivity contribution in [2.75, 3.05) is 0 Å². The molecule has 0 aromatic carbocycles. The molecule has 3 heteroatoms. The van der Waals surface area contributed by atoms with E-state index in [4.69, 9.17) is 11.6 Å². The third-order valence-electron chi connectivity index (χ3n) is 4.05. The highest BCUT2D eigenvalue weighted by molar-refractivity contribution is 6.30. The van der Waals surface area contributed by atoms with Crippen molar-refractivity contribution in [3.8, 4) is 0 Å². The van der Waals surface area contributed by atoms with E-state index in [9.17, 15) is 9.90 Å². The van der Waals surface area contributed by atoms with Crippen molar-refractivity contribution in [3.63, 3.8) is 0 Å². The molecule has 0 heterocycles. The van der Waals surface area contributed by atoms with Gasteiger partial charge in [-0.25, -0.2) is 0 Å². The summed E-state index contributed by atoms with van der Waals surface area (Å²) in [7, 11) is 0. The van der Waals surface area contributed by atoms with Crippen LogP contribution in [0.15, 0.2) is 11.1 Å². The predicted molar refractivity (Wildman–Crippen MR) is 55.1 cm³/mol. The Balaban J connectivity index is 2.36. The van der Waals surface area contributed by atoms with Crippen LogP contribution in [0.2, 0.25) is 0 Å².